The third-order valence-corrected chi connectivity index (χ3v) is 8.86. The van der Waals surface area contributed by atoms with E-state index in [9.17, 15) is 4.79 Å². The van der Waals surface area contributed by atoms with Crippen molar-refractivity contribution in [3.8, 4) is 34.1 Å². The Balaban J connectivity index is 1.31. The van der Waals surface area contributed by atoms with Crippen molar-refractivity contribution in [3.05, 3.63) is 102 Å². The lowest BCUT2D eigenvalue weighted by molar-refractivity contribution is 0.102. The van der Waals surface area contributed by atoms with Crippen molar-refractivity contribution in [2.24, 2.45) is 0 Å². The van der Waals surface area contributed by atoms with Crippen LogP contribution in [0.2, 0.25) is 0 Å². The molecule has 2 heterocycles. The number of ether oxygens (including phenoxy) is 1. The molecule has 6 rings (SSSR count). The molecule has 0 spiro atoms. The van der Waals surface area contributed by atoms with Gasteiger partial charge in [-0.3, -0.25) is 4.79 Å². The van der Waals surface area contributed by atoms with Crippen LogP contribution in [-0.4, -0.2) is 38.6 Å². The number of aromatic nitrogens is 4. The largest absolute Gasteiger partial charge is 0.492 e. The van der Waals surface area contributed by atoms with Crippen LogP contribution in [0.3, 0.4) is 0 Å². The predicted molar refractivity (Wildman–Crippen MR) is 180 cm³/mol. The molecule has 8 nitrogen and oxygen atoms in total. The van der Waals surface area contributed by atoms with Gasteiger partial charge in [-0.2, -0.15) is 5.10 Å². The zero-order chi connectivity index (χ0) is 31.0. The van der Waals surface area contributed by atoms with Crippen LogP contribution >= 0.6 is 0 Å². The van der Waals surface area contributed by atoms with E-state index in [1.165, 1.54) is 0 Å². The minimum atomic E-state index is -0.556. The van der Waals surface area contributed by atoms with Crippen molar-refractivity contribution in [3.63, 3.8) is 0 Å². The molecular formula is C35H37N6O2S-. The molecule has 1 aliphatic carbocycles. The highest BCUT2D eigenvalue weighted by atomic mass is 32.2. The van der Waals surface area contributed by atoms with Crippen molar-refractivity contribution in [2.75, 3.05) is 23.4 Å². The smallest absolute Gasteiger partial charge is 0.255 e. The number of benzene rings is 3. The molecule has 2 aromatic heterocycles. The topological polar surface area (TPSA) is 86.0 Å². The number of amides is 1. The second-order valence-electron chi connectivity index (χ2n) is 11.6. The van der Waals surface area contributed by atoms with Crippen LogP contribution in [0.1, 0.15) is 53.9 Å². The van der Waals surface area contributed by atoms with Gasteiger partial charge in [0, 0.05) is 17.3 Å². The van der Waals surface area contributed by atoms with Crippen LogP contribution in [0, 0.1) is 12.6 Å². The number of imidazole rings is 1. The van der Waals surface area contributed by atoms with Crippen LogP contribution < -0.4 is 14.8 Å². The molecule has 1 aliphatic rings. The standard InChI is InChI=1S/C35H37N6O2S/c1-7-31-27(20-37-41(31)26-11-9-8-10-12-26)30-21-40(22-36-30)32-17-24(14-13-23(32)2)34(42)38-28-18-25(35(3)15-16-35)19-29(33(28)43-4)39-44(5)6/h5,8-14,17-22,39H,7,15-16H2,1-4,6H3,(H,38,42)/q-1. The van der Waals surface area contributed by atoms with Gasteiger partial charge in [0.2, 0.25) is 0 Å². The summed E-state index contributed by atoms with van der Waals surface area (Å²) < 4.78 is 13.0. The van der Waals surface area contributed by atoms with E-state index in [0.717, 1.165) is 64.4 Å². The Morgan fingerprint density at radius 2 is 1.86 bits per heavy atom. The molecule has 0 aliphatic heterocycles. The number of hydrogen-bond acceptors (Lipinski definition) is 6. The van der Waals surface area contributed by atoms with E-state index in [-0.39, 0.29) is 11.3 Å². The van der Waals surface area contributed by atoms with E-state index in [2.05, 4.69) is 35.1 Å². The molecular weight excluding hydrogens is 568 g/mol. The second-order valence-corrected chi connectivity index (χ2v) is 12.9. The minimum Gasteiger partial charge on any atom is -0.492 e. The molecule has 0 atom stereocenters. The Bertz CT molecular complexity index is 1930. The van der Waals surface area contributed by atoms with E-state index in [4.69, 9.17) is 15.4 Å². The molecule has 9 heteroatoms. The molecule has 2 N–H and O–H groups in total. The van der Waals surface area contributed by atoms with Crippen LogP contribution in [0.4, 0.5) is 11.4 Å². The van der Waals surface area contributed by atoms with Crippen LogP contribution in [0.25, 0.3) is 22.6 Å². The first kappa shape index (κ1) is 29.4. The monoisotopic (exact) mass is 605 g/mol. The predicted octanol–water partition coefficient (Wildman–Crippen LogP) is 7.07. The van der Waals surface area contributed by atoms with Crippen LogP contribution in [-0.2, 0) is 22.3 Å². The lowest BCUT2D eigenvalue weighted by atomic mass is 9.96. The lowest BCUT2D eigenvalue weighted by Gasteiger charge is -2.24. The maximum absolute atomic E-state index is 13.7. The highest BCUT2D eigenvalue weighted by Crippen LogP contribution is 2.50. The van der Waals surface area contributed by atoms with E-state index in [1.54, 1.807) is 13.4 Å². The SMILES string of the molecule is C#[S-](C)Nc1cc(C2(C)CC2)cc(NC(=O)c2ccc(C)c(-n3cnc(-c4cnn(-c5ccccc5)c4CC)c3)c2)c1OC. The highest BCUT2D eigenvalue weighted by Gasteiger charge is 2.40. The summed E-state index contributed by atoms with van der Waals surface area (Å²) in [7, 11) is 1.05. The third-order valence-electron chi connectivity index (χ3n) is 8.32. The number of methoxy groups -OCH3 is 1. The molecule has 0 radical (unpaired) electrons. The van der Waals surface area contributed by atoms with Crippen molar-refractivity contribution in [2.45, 2.75) is 45.4 Å². The number of para-hydroxylation sites is 1. The van der Waals surface area contributed by atoms with Crippen molar-refractivity contribution >= 4 is 27.8 Å². The number of anilines is 2. The fraction of sp³-hybridized carbons (Fsp3) is 0.257. The number of nitrogens with zero attached hydrogens (tertiary/aromatic N) is 4. The first-order chi connectivity index (χ1) is 21.2. The maximum atomic E-state index is 13.7. The summed E-state index contributed by atoms with van der Waals surface area (Å²) in [5.74, 6) is 0.333. The quantitative estimate of drug-likeness (QED) is 0.176. The molecule has 5 aromatic rings. The molecule has 0 unspecified atom stereocenters. The normalized spacial score (nSPS) is 13.6. The van der Waals surface area contributed by atoms with Crippen molar-refractivity contribution < 1.29 is 9.53 Å². The van der Waals surface area contributed by atoms with Gasteiger partial charge in [0.1, 0.15) is 0 Å². The zero-order valence-electron chi connectivity index (χ0n) is 25.7. The van der Waals surface area contributed by atoms with Gasteiger partial charge in [-0.05, 0) is 79.1 Å². The van der Waals surface area contributed by atoms with Gasteiger partial charge in [-0.1, -0.05) is 38.1 Å². The molecule has 0 saturated heterocycles. The number of nitrogens with one attached hydrogen (secondary N) is 2. The fourth-order valence-corrected chi connectivity index (χ4v) is 6.05. The number of carbonyl (C=O) groups is 1. The van der Waals surface area contributed by atoms with Crippen molar-refractivity contribution in [1.29, 1.82) is 0 Å². The number of aryl methyl sites for hydroxylation is 1. The van der Waals surface area contributed by atoms with E-state index < -0.39 is 10.5 Å². The maximum Gasteiger partial charge on any atom is 0.255 e. The van der Waals surface area contributed by atoms with Gasteiger partial charge in [0.25, 0.3) is 5.91 Å². The second kappa shape index (κ2) is 11.8. The minimum absolute atomic E-state index is 0.0918. The van der Waals surface area contributed by atoms with E-state index in [0.29, 0.717) is 17.0 Å². The molecule has 44 heavy (non-hydrogen) atoms. The molecule has 226 valence electrons. The van der Waals surface area contributed by atoms with Gasteiger partial charge in [0.05, 0.1) is 53.8 Å². The Labute approximate surface area is 260 Å². The fourth-order valence-electron chi connectivity index (χ4n) is 5.55. The van der Waals surface area contributed by atoms with E-state index in [1.807, 2.05) is 89.4 Å². The summed E-state index contributed by atoms with van der Waals surface area (Å²) in [5, 5.41) is 7.78. The summed E-state index contributed by atoms with van der Waals surface area (Å²) in [6.07, 6.45) is 10.6. The molecule has 0 bridgehead atoms. The number of carbonyl (C=O) groups excluding carboxylic acids is 1. The summed E-state index contributed by atoms with van der Waals surface area (Å²) >= 11 is 0. The first-order valence-electron chi connectivity index (χ1n) is 14.7. The number of rotatable bonds is 9. The summed E-state index contributed by atoms with van der Waals surface area (Å²) in [5.41, 5.74) is 15.1. The van der Waals surface area contributed by atoms with Gasteiger partial charge >= 0.3 is 0 Å². The average Bonchev–Trinajstić information content (AvgIpc) is 3.39. The molecule has 1 amide bonds. The Hall–Kier alpha value is -4.72. The number of hydrogen-bond donors (Lipinski definition) is 2. The van der Waals surface area contributed by atoms with Crippen molar-refractivity contribution in [1.82, 2.24) is 19.3 Å². The van der Waals surface area contributed by atoms with E-state index >= 15 is 0 Å². The summed E-state index contributed by atoms with van der Waals surface area (Å²) in [6, 6.07) is 19.9. The average molecular weight is 606 g/mol. The molecule has 1 fully saturated rings. The van der Waals surface area contributed by atoms with Gasteiger partial charge in [0.15, 0.2) is 5.75 Å². The van der Waals surface area contributed by atoms with Gasteiger partial charge in [-0.25, -0.2) is 9.67 Å². The first-order valence-corrected chi connectivity index (χ1v) is 16.4. The van der Waals surface area contributed by atoms with Crippen LogP contribution in [0.5, 0.6) is 5.75 Å². The Morgan fingerprint density at radius 3 is 2.55 bits per heavy atom. The van der Waals surface area contributed by atoms with Crippen LogP contribution in [0.15, 0.2) is 79.4 Å². The highest BCUT2D eigenvalue weighted by molar-refractivity contribution is 7.86. The zero-order valence-corrected chi connectivity index (χ0v) is 26.5. The third kappa shape index (κ3) is 5.64. The lowest BCUT2D eigenvalue weighted by Crippen LogP contribution is -2.15. The molecule has 1 saturated carbocycles. The summed E-state index contributed by atoms with van der Waals surface area (Å²) in [4.78, 5) is 18.4. The van der Waals surface area contributed by atoms with Gasteiger partial charge < -0.3 is 35.5 Å². The van der Waals surface area contributed by atoms with Gasteiger partial charge in [-0.15, -0.1) is 6.26 Å². The Kier molecular flexibility index (Phi) is 7.84. The Morgan fingerprint density at radius 1 is 1.11 bits per heavy atom. The summed E-state index contributed by atoms with van der Waals surface area (Å²) in [6.45, 7) is 6.38. The molecule has 3 aromatic carbocycles.